The van der Waals surface area contributed by atoms with Gasteiger partial charge in [0.25, 0.3) is 5.91 Å². The number of aryl methyl sites for hydroxylation is 2. The maximum absolute atomic E-state index is 11.7. The highest BCUT2D eigenvalue weighted by Gasteiger charge is 2.25. The molecule has 14 heavy (non-hydrogen) atoms. The number of nitrogens with one attached hydrogen (secondary N) is 1. The summed E-state index contributed by atoms with van der Waals surface area (Å²) in [5, 5.41) is 2.92. The Morgan fingerprint density at radius 1 is 1.29 bits per heavy atom. The molecule has 1 aliphatic heterocycles. The Balaban J connectivity index is 2.71. The van der Waals surface area contributed by atoms with Crippen LogP contribution in [0.1, 0.15) is 39.9 Å². The summed E-state index contributed by atoms with van der Waals surface area (Å²) >= 11 is 0. The molecule has 0 bridgehead atoms. The Labute approximate surface area is 84.3 Å². The van der Waals surface area contributed by atoms with E-state index in [0.717, 1.165) is 17.7 Å². The number of rotatable bonds is 0. The highest BCUT2D eigenvalue weighted by Crippen LogP contribution is 2.28. The van der Waals surface area contributed by atoms with E-state index in [1.807, 2.05) is 13.0 Å². The monoisotopic (exact) mass is 189 g/mol. The smallest absolute Gasteiger partial charge is 0.251 e. The van der Waals surface area contributed by atoms with Crippen molar-refractivity contribution in [3.63, 3.8) is 0 Å². The van der Waals surface area contributed by atoms with E-state index in [2.05, 4.69) is 25.2 Å². The predicted octanol–water partition coefficient (Wildman–Crippen LogP) is 2.15. The van der Waals surface area contributed by atoms with Gasteiger partial charge >= 0.3 is 0 Å². The molecule has 74 valence electrons. The van der Waals surface area contributed by atoms with Crippen LogP contribution in [0.15, 0.2) is 12.1 Å². The Morgan fingerprint density at radius 3 is 2.57 bits per heavy atom. The van der Waals surface area contributed by atoms with Gasteiger partial charge in [-0.2, -0.15) is 0 Å². The van der Waals surface area contributed by atoms with Crippen LogP contribution in [0.4, 0.5) is 0 Å². The molecule has 1 aromatic carbocycles. The van der Waals surface area contributed by atoms with Crippen LogP contribution in [-0.2, 0) is 0 Å². The summed E-state index contributed by atoms with van der Waals surface area (Å²) in [5.41, 5.74) is 4.43. The summed E-state index contributed by atoms with van der Waals surface area (Å²) in [6, 6.07) is 4.12. The molecule has 1 aliphatic rings. The van der Waals surface area contributed by atoms with Gasteiger partial charge in [-0.15, -0.1) is 0 Å². The number of carbonyl (C=O) groups excluding carboxylic acids is 1. The van der Waals surface area contributed by atoms with E-state index in [1.54, 1.807) is 0 Å². The molecule has 0 aliphatic carbocycles. The molecule has 1 N–H and O–H groups in total. The van der Waals surface area contributed by atoms with Gasteiger partial charge in [-0.05, 0) is 36.5 Å². The normalized spacial score (nSPS) is 20.2. The zero-order valence-corrected chi connectivity index (χ0v) is 8.85. The minimum atomic E-state index is 0.0827. The zero-order chi connectivity index (χ0) is 10.3. The van der Waals surface area contributed by atoms with Crippen molar-refractivity contribution in [2.24, 2.45) is 0 Å². The van der Waals surface area contributed by atoms with Gasteiger partial charge in [0.15, 0.2) is 0 Å². The lowest BCUT2D eigenvalue weighted by Crippen LogP contribution is -2.35. The van der Waals surface area contributed by atoms with Gasteiger partial charge in [0.05, 0.1) is 0 Å². The highest BCUT2D eigenvalue weighted by atomic mass is 16.1. The van der Waals surface area contributed by atoms with E-state index in [1.165, 1.54) is 11.1 Å². The molecule has 1 amide bonds. The van der Waals surface area contributed by atoms with E-state index < -0.39 is 0 Å². The number of hydrogen-bond donors (Lipinski definition) is 1. The fourth-order valence-electron chi connectivity index (χ4n) is 2.21. The third kappa shape index (κ3) is 1.22. The summed E-state index contributed by atoms with van der Waals surface area (Å²) in [4.78, 5) is 11.7. The van der Waals surface area contributed by atoms with Gasteiger partial charge in [-0.25, -0.2) is 0 Å². The first-order chi connectivity index (χ1) is 6.61. The van der Waals surface area contributed by atoms with Gasteiger partial charge in [0, 0.05) is 12.1 Å². The van der Waals surface area contributed by atoms with Crippen molar-refractivity contribution < 1.29 is 4.79 Å². The van der Waals surface area contributed by atoms with Crippen LogP contribution in [-0.4, -0.2) is 12.5 Å². The van der Waals surface area contributed by atoms with Crippen molar-refractivity contribution in [1.82, 2.24) is 5.32 Å². The SMILES string of the molecule is Cc1ccc(C)c2c1C(=O)NCC2C. The molecule has 0 saturated heterocycles. The molecule has 0 saturated carbocycles. The van der Waals surface area contributed by atoms with Crippen LogP contribution in [0.5, 0.6) is 0 Å². The number of carbonyl (C=O) groups is 1. The van der Waals surface area contributed by atoms with Crippen LogP contribution < -0.4 is 5.32 Å². The molecule has 2 nitrogen and oxygen atoms in total. The van der Waals surface area contributed by atoms with Crippen molar-refractivity contribution in [1.29, 1.82) is 0 Å². The molecule has 1 atom stereocenters. The number of hydrogen-bond acceptors (Lipinski definition) is 1. The van der Waals surface area contributed by atoms with Gasteiger partial charge in [0.1, 0.15) is 0 Å². The van der Waals surface area contributed by atoms with E-state index >= 15 is 0 Å². The van der Waals surface area contributed by atoms with Crippen LogP contribution in [0.25, 0.3) is 0 Å². The van der Waals surface area contributed by atoms with Crippen molar-refractivity contribution >= 4 is 5.91 Å². The van der Waals surface area contributed by atoms with E-state index in [4.69, 9.17) is 0 Å². The molecule has 0 spiro atoms. The largest absolute Gasteiger partial charge is 0.351 e. The van der Waals surface area contributed by atoms with Crippen LogP contribution in [0.3, 0.4) is 0 Å². The lowest BCUT2D eigenvalue weighted by atomic mass is 9.86. The number of benzene rings is 1. The van der Waals surface area contributed by atoms with Crippen LogP contribution in [0.2, 0.25) is 0 Å². The maximum atomic E-state index is 11.7. The third-order valence-corrected chi connectivity index (χ3v) is 2.96. The highest BCUT2D eigenvalue weighted by molar-refractivity contribution is 5.98. The Hall–Kier alpha value is -1.31. The van der Waals surface area contributed by atoms with E-state index in [0.29, 0.717) is 5.92 Å². The molecule has 2 rings (SSSR count). The van der Waals surface area contributed by atoms with Crippen LogP contribution in [0, 0.1) is 13.8 Å². The fraction of sp³-hybridized carbons (Fsp3) is 0.417. The minimum Gasteiger partial charge on any atom is -0.351 e. The molecule has 0 fully saturated rings. The first-order valence-electron chi connectivity index (χ1n) is 4.99. The summed E-state index contributed by atoms with van der Waals surface area (Å²) in [6.07, 6.45) is 0. The Morgan fingerprint density at radius 2 is 1.93 bits per heavy atom. The second-order valence-electron chi connectivity index (χ2n) is 4.10. The van der Waals surface area contributed by atoms with E-state index in [9.17, 15) is 4.79 Å². The van der Waals surface area contributed by atoms with Crippen molar-refractivity contribution in [2.75, 3.05) is 6.54 Å². The molecular formula is C12H15NO. The average molecular weight is 189 g/mol. The first kappa shape index (κ1) is 9.25. The fourth-order valence-corrected chi connectivity index (χ4v) is 2.21. The molecule has 1 heterocycles. The lowest BCUT2D eigenvalue weighted by molar-refractivity contribution is 0.0940. The van der Waals surface area contributed by atoms with Crippen molar-refractivity contribution in [3.8, 4) is 0 Å². The molecule has 2 heteroatoms. The molecule has 1 aromatic rings. The average Bonchev–Trinajstić information content (AvgIpc) is 2.16. The lowest BCUT2D eigenvalue weighted by Gasteiger charge is -2.25. The van der Waals surface area contributed by atoms with Gasteiger partial charge in [-0.1, -0.05) is 19.1 Å². The molecule has 0 aromatic heterocycles. The molecular weight excluding hydrogens is 174 g/mol. The zero-order valence-electron chi connectivity index (χ0n) is 8.85. The summed E-state index contributed by atoms with van der Waals surface area (Å²) < 4.78 is 0. The summed E-state index contributed by atoms with van der Waals surface area (Å²) in [6.45, 7) is 6.99. The number of fused-ring (bicyclic) bond motifs is 1. The summed E-state index contributed by atoms with van der Waals surface area (Å²) in [5.74, 6) is 0.516. The van der Waals surface area contributed by atoms with Gasteiger partial charge in [-0.3, -0.25) is 4.79 Å². The second kappa shape index (κ2) is 3.12. The molecule has 0 radical (unpaired) electrons. The second-order valence-corrected chi connectivity index (χ2v) is 4.10. The maximum Gasteiger partial charge on any atom is 0.251 e. The topological polar surface area (TPSA) is 29.1 Å². The third-order valence-electron chi connectivity index (χ3n) is 2.96. The van der Waals surface area contributed by atoms with E-state index in [-0.39, 0.29) is 5.91 Å². The quantitative estimate of drug-likeness (QED) is 0.665. The first-order valence-corrected chi connectivity index (χ1v) is 4.99. The molecule has 1 unspecified atom stereocenters. The van der Waals surface area contributed by atoms with Crippen molar-refractivity contribution in [3.05, 3.63) is 34.4 Å². The Kier molecular flexibility index (Phi) is 2.06. The van der Waals surface area contributed by atoms with Gasteiger partial charge < -0.3 is 5.32 Å². The van der Waals surface area contributed by atoms with Crippen molar-refractivity contribution in [2.45, 2.75) is 26.7 Å². The minimum absolute atomic E-state index is 0.0827. The van der Waals surface area contributed by atoms with Gasteiger partial charge in [0.2, 0.25) is 0 Å². The predicted molar refractivity (Wildman–Crippen MR) is 56.7 cm³/mol. The number of amides is 1. The summed E-state index contributed by atoms with van der Waals surface area (Å²) in [7, 11) is 0. The van der Waals surface area contributed by atoms with Crippen LogP contribution >= 0.6 is 0 Å². The standard InChI is InChI=1S/C12H15NO/c1-7-4-5-8(2)11-10(7)9(3)6-13-12(11)14/h4-5,9H,6H2,1-3H3,(H,13,14). The Bertz CT molecular complexity index is 396.